The average Bonchev–Trinajstić information content (AvgIpc) is 3.11. The molecule has 27 heavy (non-hydrogen) atoms. The van der Waals surface area contributed by atoms with Gasteiger partial charge in [0.1, 0.15) is 5.82 Å². The van der Waals surface area contributed by atoms with Crippen LogP contribution in [0.1, 0.15) is 30.7 Å². The summed E-state index contributed by atoms with van der Waals surface area (Å²) in [7, 11) is -3.49. The van der Waals surface area contributed by atoms with Crippen molar-refractivity contribution >= 4 is 21.6 Å². The third kappa shape index (κ3) is 4.51. The summed E-state index contributed by atoms with van der Waals surface area (Å²) in [6.07, 6.45) is 1.21. The Morgan fingerprint density at radius 2 is 2.07 bits per heavy atom. The van der Waals surface area contributed by atoms with Crippen LogP contribution < -0.4 is 10.2 Å². The van der Waals surface area contributed by atoms with E-state index in [1.807, 2.05) is 11.8 Å². The lowest BCUT2D eigenvalue weighted by molar-refractivity contribution is 0.444. The summed E-state index contributed by atoms with van der Waals surface area (Å²) in [4.78, 5) is 1.89. The van der Waals surface area contributed by atoms with Gasteiger partial charge < -0.3 is 20.0 Å². The van der Waals surface area contributed by atoms with Crippen molar-refractivity contribution in [3.05, 3.63) is 35.5 Å². The molecule has 1 aliphatic rings. The van der Waals surface area contributed by atoms with Crippen molar-refractivity contribution in [2.45, 2.75) is 24.2 Å². The van der Waals surface area contributed by atoms with Crippen molar-refractivity contribution in [1.29, 1.82) is 5.41 Å². The van der Waals surface area contributed by atoms with E-state index in [0.717, 1.165) is 38.5 Å². The Kier molecular flexibility index (Phi) is 5.56. The van der Waals surface area contributed by atoms with E-state index < -0.39 is 15.7 Å². The number of anilines is 1. The lowest BCUT2D eigenvalue weighted by atomic mass is 9.98. The number of benzene rings is 1. The Labute approximate surface area is 157 Å². The highest BCUT2D eigenvalue weighted by atomic mass is 32.2. The fourth-order valence-corrected chi connectivity index (χ4v) is 3.52. The Morgan fingerprint density at radius 3 is 2.70 bits per heavy atom. The highest BCUT2D eigenvalue weighted by Gasteiger charge is 2.22. The third-order valence-electron chi connectivity index (χ3n) is 4.44. The van der Waals surface area contributed by atoms with E-state index in [1.165, 1.54) is 12.1 Å². The van der Waals surface area contributed by atoms with Gasteiger partial charge in [-0.2, -0.15) is 0 Å². The molecule has 0 saturated carbocycles. The summed E-state index contributed by atoms with van der Waals surface area (Å²) >= 11 is 0. The van der Waals surface area contributed by atoms with Gasteiger partial charge >= 0.3 is 6.01 Å². The van der Waals surface area contributed by atoms with Crippen LogP contribution in [-0.2, 0) is 9.84 Å². The molecule has 10 heteroatoms. The average molecular weight is 395 g/mol. The maximum atomic E-state index is 14.3. The molecule has 0 amide bonds. The van der Waals surface area contributed by atoms with Crippen LogP contribution in [0.2, 0.25) is 0 Å². The van der Waals surface area contributed by atoms with E-state index in [2.05, 4.69) is 15.5 Å². The quantitative estimate of drug-likeness (QED) is 0.714. The SMILES string of the molecule is C[C@@H](CC(=N)c1ccc(S(C)(=O)=O)cc1F)c1nnc(N2CCNCC2)o1. The van der Waals surface area contributed by atoms with Crippen LogP contribution in [0.15, 0.2) is 27.5 Å². The number of nitrogens with zero attached hydrogens (tertiary/aromatic N) is 3. The molecule has 1 aromatic heterocycles. The predicted molar refractivity (Wildman–Crippen MR) is 98.8 cm³/mol. The Bertz CT molecular complexity index is 938. The molecule has 1 atom stereocenters. The fraction of sp³-hybridized carbons (Fsp3) is 0.471. The summed E-state index contributed by atoms with van der Waals surface area (Å²) in [5.41, 5.74) is 0.109. The summed E-state index contributed by atoms with van der Waals surface area (Å²) in [6.45, 7) is 5.08. The number of sulfone groups is 1. The fourth-order valence-electron chi connectivity index (χ4n) is 2.88. The molecule has 146 valence electrons. The van der Waals surface area contributed by atoms with Crippen molar-refractivity contribution in [2.24, 2.45) is 0 Å². The molecule has 0 aliphatic carbocycles. The second kappa shape index (κ2) is 7.73. The van der Waals surface area contributed by atoms with E-state index in [0.29, 0.717) is 11.9 Å². The maximum Gasteiger partial charge on any atom is 0.318 e. The zero-order valence-electron chi connectivity index (χ0n) is 15.2. The first-order chi connectivity index (χ1) is 12.8. The van der Waals surface area contributed by atoms with E-state index in [-0.39, 0.29) is 28.5 Å². The topological polar surface area (TPSA) is 112 Å². The first kappa shape index (κ1) is 19.4. The molecular formula is C17H22FN5O3S. The maximum absolute atomic E-state index is 14.3. The summed E-state index contributed by atoms with van der Waals surface area (Å²) in [5.74, 6) is -0.612. The molecule has 2 aromatic rings. The summed E-state index contributed by atoms with van der Waals surface area (Å²) < 4.78 is 43.0. The Balaban J connectivity index is 1.70. The smallest absolute Gasteiger partial charge is 0.318 e. The Hall–Kier alpha value is -2.33. The van der Waals surface area contributed by atoms with Crippen LogP contribution in [0.4, 0.5) is 10.4 Å². The zero-order valence-corrected chi connectivity index (χ0v) is 16.0. The molecule has 0 spiro atoms. The number of halogens is 1. The van der Waals surface area contributed by atoms with E-state index in [4.69, 9.17) is 9.83 Å². The lowest BCUT2D eigenvalue weighted by Crippen LogP contribution is -2.43. The van der Waals surface area contributed by atoms with Gasteiger partial charge in [-0.15, -0.1) is 5.10 Å². The summed E-state index contributed by atoms with van der Waals surface area (Å²) in [5, 5.41) is 19.6. The van der Waals surface area contributed by atoms with E-state index in [9.17, 15) is 12.8 Å². The minimum absolute atomic E-state index is 0.0435. The van der Waals surface area contributed by atoms with Gasteiger partial charge in [0.15, 0.2) is 9.84 Å². The van der Waals surface area contributed by atoms with Crippen molar-refractivity contribution in [3.8, 4) is 0 Å². The third-order valence-corrected chi connectivity index (χ3v) is 5.55. The number of hydrogen-bond acceptors (Lipinski definition) is 8. The highest BCUT2D eigenvalue weighted by Crippen LogP contribution is 2.25. The van der Waals surface area contributed by atoms with Gasteiger partial charge in [-0.05, 0) is 18.2 Å². The van der Waals surface area contributed by atoms with Crippen LogP contribution in [0.5, 0.6) is 0 Å². The van der Waals surface area contributed by atoms with Gasteiger partial charge in [-0.3, -0.25) is 0 Å². The zero-order chi connectivity index (χ0) is 19.6. The lowest BCUT2D eigenvalue weighted by Gasteiger charge is -2.25. The van der Waals surface area contributed by atoms with Crippen molar-refractivity contribution in [1.82, 2.24) is 15.5 Å². The number of piperazine rings is 1. The van der Waals surface area contributed by atoms with Gasteiger partial charge in [-0.25, -0.2) is 12.8 Å². The standard InChI is InChI=1S/C17H22FN5O3S/c1-11(16-21-22-17(26-16)23-7-5-20-6-8-23)9-15(19)13-4-3-12(10-14(13)18)27(2,24)25/h3-4,10-11,19-20H,5-9H2,1-2H3/t11-/m0/s1. The minimum atomic E-state index is -3.49. The second-order valence-corrected chi connectivity index (χ2v) is 8.67. The molecule has 1 saturated heterocycles. The normalized spacial score (nSPS) is 16.3. The number of aromatic nitrogens is 2. The van der Waals surface area contributed by atoms with Gasteiger partial charge in [0.05, 0.1) is 4.90 Å². The molecular weight excluding hydrogens is 373 g/mol. The first-order valence-corrected chi connectivity index (χ1v) is 10.5. The van der Waals surface area contributed by atoms with E-state index >= 15 is 0 Å². The molecule has 2 heterocycles. The number of nitrogens with one attached hydrogen (secondary N) is 2. The van der Waals surface area contributed by atoms with Crippen LogP contribution in [-0.4, -0.2) is 56.8 Å². The van der Waals surface area contributed by atoms with Gasteiger partial charge in [0, 0.05) is 56.0 Å². The van der Waals surface area contributed by atoms with Crippen molar-refractivity contribution in [3.63, 3.8) is 0 Å². The van der Waals surface area contributed by atoms with Gasteiger partial charge in [0.25, 0.3) is 0 Å². The van der Waals surface area contributed by atoms with Crippen LogP contribution in [0.3, 0.4) is 0 Å². The molecule has 2 N–H and O–H groups in total. The highest BCUT2D eigenvalue weighted by molar-refractivity contribution is 7.90. The molecule has 0 bridgehead atoms. The molecule has 3 rings (SSSR count). The predicted octanol–water partition coefficient (Wildman–Crippen LogP) is 1.58. The summed E-state index contributed by atoms with van der Waals surface area (Å²) in [6, 6.07) is 4.02. The molecule has 1 aromatic carbocycles. The largest absolute Gasteiger partial charge is 0.408 e. The molecule has 1 fully saturated rings. The molecule has 0 unspecified atom stereocenters. The molecule has 0 radical (unpaired) electrons. The first-order valence-electron chi connectivity index (χ1n) is 8.62. The Morgan fingerprint density at radius 1 is 1.37 bits per heavy atom. The van der Waals surface area contributed by atoms with Crippen LogP contribution in [0, 0.1) is 11.2 Å². The second-order valence-electron chi connectivity index (χ2n) is 6.66. The van der Waals surface area contributed by atoms with E-state index in [1.54, 1.807) is 0 Å². The number of hydrogen-bond donors (Lipinski definition) is 2. The monoisotopic (exact) mass is 395 g/mol. The van der Waals surface area contributed by atoms with Crippen LogP contribution in [0.25, 0.3) is 0 Å². The van der Waals surface area contributed by atoms with Crippen LogP contribution >= 0.6 is 0 Å². The van der Waals surface area contributed by atoms with Crippen molar-refractivity contribution in [2.75, 3.05) is 37.3 Å². The molecule has 8 nitrogen and oxygen atoms in total. The number of rotatable bonds is 6. The minimum Gasteiger partial charge on any atom is -0.408 e. The van der Waals surface area contributed by atoms with Gasteiger partial charge in [-0.1, -0.05) is 12.0 Å². The molecule has 1 aliphatic heterocycles. The van der Waals surface area contributed by atoms with Gasteiger partial charge in [0.2, 0.25) is 5.89 Å². The van der Waals surface area contributed by atoms with Crippen molar-refractivity contribution < 1.29 is 17.2 Å².